The SMILES string of the molecule is CCCCNOC(=O)CCCCCCCC(=O)OCC(COC(=O)CCCCCCCC(=O)OCC(COC(=O)CCCCCCCC(=O)ONCCCC)OC(=O)CCCCCCCC(=O)ONCCCC)OC(=O)CCCCCCCC(=O)OCC(COC(=O)CCCCCCCC(=O)ONCCCC)OC(=O)CCCCCCCC(=O)ONCCCC. The lowest BCUT2D eigenvalue weighted by atomic mass is 10.1. The average Bonchev–Trinajstić information content (AvgIpc) is 0.948. The Hall–Kier alpha value is -7.62. The van der Waals surface area contributed by atoms with Gasteiger partial charge in [0, 0.05) is 123 Å². The number of esters is 9. The van der Waals surface area contributed by atoms with E-state index in [9.17, 15) is 67.1 Å². The molecule has 0 aromatic heterocycles. The van der Waals surface area contributed by atoms with Gasteiger partial charge in [0.15, 0.2) is 18.3 Å². The molecule has 0 radical (unpaired) electrons. The van der Waals surface area contributed by atoms with Crippen molar-refractivity contribution in [2.45, 2.75) is 432 Å². The van der Waals surface area contributed by atoms with Crippen LogP contribution in [0.4, 0.5) is 0 Å². The van der Waals surface area contributed by atoms with Crippen LogP contribution in [0.25, 0.3) is 0 Å². The monoisotopic (exact) mass is 1790 g/mol. The van der Waals surface area contributed by atoms with Crippen LogP contribution in [-0.4, -0.2) is 174 Å². The highest BCUT2D eigenvalue weighted by Crippen LogP contribution is 2.19. The van der Waals surface area contributed by atoms with Crippen molar-refractivity contribution in [1.82, 2.24) is 27.4 Å². The van der Waals surface area contributed by atoms with Gasteiger partial charge >= 0.3 is 83.6 Å². The first-order chi connectivity index (χ1) is 60.7. The summed E-state index contributed by atoms with van der Waals surface area (Å²) in [6, 6.07) is 0. The van der Waals surface area contributed by atoms with Gasteiger partial charge in [-0.15, -0.1) is 0 Å². The third kappa shape index (κ3) is 84.3. The third-order valence-corrected chi connectivity index (χ3v) is 19.9. The summed E-state index contributed by atoms with van der Waals surface area (Å²) in [4.78, 5) is 202. The predicted octanol–water partition coefficient (Wildman–Crippen LogP) is 16.3. The van der Waals surface area contributed by atoms with E-state index in [1.54, 1.807) is 0 Å². The van der Waals surface area contributed by atoms with Crippen molar-refractivity contribution in [3.8, 4) is 0 Å². The first kappa shape index (κ1) is 117. The molecule has 0 amide bonds. The molecule has 0 bridgehead atoms. The Morgan fingerprint density at radius 3 is 0.416 bits per heavy atom. The van der Waals surface area contributed by atoms with Crippen LogP contribution < -0.4 is 27.4 Å². The van der Waals surface area contributed by atoms with Gasteiger partial charge < -0.3 is 66.8 Å². The Balaban J connectivity index is 5.43. The summed E-state index contributed by atoms with van der Waals surface area (Å²) in [5.74, 6) is -6.28. The van der Waals surface area contributed by atoms with Gasteiger partial charge in [0.1, 0.15) is 39.6 Å². The van der Waals surface area contributed by atoms with Crippen LogP contribution in [0.2, 0.25) is 0 Å². The van der Waals surface area contributed by atoms with Gasteiger partial charge in [0.25, 0.3) is 0 Å². The number of hydrogen-bond acceptors (Lipinski definition) is 33. The van der Waals surface area contributed by atoms with E-state index in [1.165, 1.54) is 0 Å². The molecule has 3 unspecified atom stereocenters. The molecule has 0 saturated heterocycles. The number of nitrogens with one attached hydrogen (secondary N) is 5. The Morgan fingerprint density at radius 1 is 0.160 bits per heavy atom. The van der Waals surface area contributed by atoms with Crippen LogP contribution in [0.5, 0.6) is 0 Å². The number of carbonyl (C=O) groups is 14. The number of unbranched alkanes of at least 4 members (excludes halogenated alkanes) is 33. The third-order valence-electron chi connectivity index (χ3n) is 19.9. The molecule has 0 aliphatic rings. The summed E-state index contributed by atoms with van der Waals surface area (Å²) in [5, 5.41) is 0. The van der Waals surface area contributed by atoms with E-state index < -0.39 is 72.0 Å². The molecular weight excluding hydrogens is 1620 g/mol. The molecule has 0 heterocycles. The summed E-state index contributed by atoms with van der Waals surface area (Å²) < 4.78 is 50.1. The van der Waals surface area contributed by atoms with E-state index >= 15 is 0 Å². The molecule has 125 heavy (non-hydrogen) atoms. The summed E-state index contributed by atoms with van der Waals surface area (Å²) in [7, 11) is 0. The van der Waals surface area contributed by atoms with E-state index in [0.29, 0.717) is 174 Å². The second-order valence-corrected chi connectivity index (χ2v) is 31.9. The largest absolute Gasteiger partial charge is 0.462 e. The molecular formula is C92H163N5O28. The van der Waals surface area contributed by atoms with Gasteiger partial charge in [0.05, 0.1) is 0 Å². The minimum atomic E-state index is -1.08. The standard InChI is InChI=1S/C92H163N5O28/c1-6-11-65-93-121-88(107)60-46-32-18-26-40-54-82(101)115-73-76(118-85(104)57-43-29-17-25-39-53-81(100)114-72-78(120-87(106)59-45-31-22-36-50-64-92(111)125-97-69-15-10-5)75-117-84(103)56-42-28-20-34-48-62-90(109)123-95-67-13-8-3)70-112-79(98)51-37-23-16-24-38-52-80(99)113-71-77(119-86(105)58-44-30-21-35-49-63-91(110)124-96-68-14-9-4)74-116-83(102)55-41-27-19-33-47-61-89(108)122-94-66-12-7-2/h76-78,93-97H,6-75H2,1-5H3. The molecule has 0 aromatic carbocycles. The van der Waals surface area contributed by atoms with E-state index in [4.69, 9.17) is 66.8 Å². The normalized spacial score (nSPS) is 11.8. The van der Waals surface area contributed by atoms with Gasteiger partial charge in [-0.05, 0) is 122 Å². The van der Waals surface area contributed by atoms with Gasteiger partial charge in [-0.25, -0.2) is 0 Å². The van der Waals surface area contributed by atoms with Crippen LogP contribution >= 0.6 is 0 Å². The zero-order valence-corrected chi connectivity index (χ0v) is 77.2. The Labute approximate surface area is 745 Å². The Bertz CT molecular complexity index is 2800. The highest BCUT2D eigenvalue weighted by atomic mass is 16.7. The fraction of sp³-hybridized carbons (Fsp3) is 0.848. The van der Waals surface area contributed by atoms with Crippen molar-refractivity contribution in [1.29, 1.82) is 0 Å². The number of carbonyl (C=O) groups excluding carboxylic acids is 14. The quantitative estimate of drug-likeness (QED) is 0.0163. The molecule has 33 heteroatoms. The maximum absolute atomic E-state index is 13.2. The predicted molar refractivity (Wildman–Crippen MR) is 467 cm³/mol. The summed E-state index contributed by atoms with van der Waals surface area (Å²) in [6.45, 7) is 11.3. The topological polar surface area (TPSA) is 428 Å². The molecule has 0 fully saturated rings. The van der Waals surface area contributed by atoms with Crippen LogP contribution in [0, 0.1) is 0 Å². The van der Waals surface area contributed by atoms with Crippen molar-refractivity contribution in [3.63, 3.8) is 0 Å². The molecule has 0 saturated carbocycles. The number of rotatable bonds is 91. The van der Waals surface area contributed by atoms with Gasteiger partial charge in [-0.3, -0.25) is 67.1 Å². The van der Waals surface area contributed by atoms with Gasteiger partial charge in [-0.2, -0.15) is 27.4 Å². The summed E-state index contributed by atoms with van der Waals surface area (Å²) in [6.07, 6.45) is 31.8. The van der Waals surface area contributed by atoms with Crippen molar-refractivity contribution < 1.29 is 134 Å². The first-order valence-electron chi connectivity index (χ1n) is 47.9. The minimum absolute atomic E-state index is 0.0164. The van der Waals surface area contributed by atoms with Crippen LogP contribution in [0.3, 0.4) is 0 Å². The zero-order valence-electron chi connectivity index (χ0n) is 77.2. The second kappa shape index (κ2) is 88.4. The number of ether oxygens (including phenoxy) is 9. The molecule has 0 rings (SSSR count). The highest BCUT2D eigenvalue weighted by molar-refractivity contribution is 5.74. The van der Waals surface area contributed by atoms with Crippen LogP contribution in [0.15, 0.2) is 0 Å². The smallest absolute Gasteiger partial charge is 0.324 e. The molecule has 0 spiro atoms. The molecule has 33 nitrogen and oxygen atoms in total. The lowest BCUT2D eigenvalue weighted by Gasteiger charge is -2.18. The van der Waals surface area contributed by atoms with E-state index in [-0.39, 0.29) is 147 Å². The molecule has 0 aliphatic carbocycles. The van der Waals surface area contributed by atoms with Crippen LogP contribution in [-0.2, 0) is 134 Å². The average molecular weight is 1790 g/mol. The van der Waals surface area contributed by atoms with E-state index in [2.05, 4.69) is 27.4 Å². The van der Waals surface area contributed by atoms with Crippen molar-refractivity contribution in [3.05, 3.63) is 0 Å². The van der Waals surface area contributed by atoms with Crippen molar-refractivity contribution in [2.24, 2.45) is 0 Å². The van der Waals surface area contributed by atoms with E-state index in [0.717, 1.165) is 161 Å². The Morgan fingerprint density at radius 2 is 0.280 bits per heavy atom. The molecule has 0 aromatic rings. The molecule has 724 valence electrons. The molecule has 3 atom stereocenters. The fourth-order valence-electron chi connectivity index (χ4n) is 12.3. The van der Waals surface area contributed by atoms with Crippen LogP contribution in [0.1, 0.15) is 413 Å². The number of hydroxylamine groups is 5. The zero-order chi connectivity index (χ0) is 91.7. The van der Waals surface area contributed by atoms with E-state index in [1.807, 2.05) is 34.6 Å². The lowest BCUT2D eigenvalue weighted by molar-refractivity contribution is -0.167. The molecule has 5 N–H and O–H groups in total. The van der Waals surface area contributed by atoms with Gasteiger partial charge in [-0.1, -0.05) is 202 Å². The van der Waals surface area contributed by atoms with Crippen molar-refractivity contribution >= 4 is 83.6 Å². The highest BCUT2D eigenvalue weighted by Gasteiger charge is 2.24. The first-order valence-corrected chi connectivity index (χ1v) is 47.9. The summed E-state index contributed by atoms with van der Waals surface area (Å²) in [5.41, 5.74) is 13.4. The van der Waals surface area contributed by atoms with Gasteiger partial charge in [0.2, 0.25) is 0 Å². The van der Waals surface area contributed by atoms with Crippen molar-refractivity contribution in [2.75, 3.05) is 72.4 Å². The lowest BCUT2D eigenvalue weighted by Crippen LogP contribution is -2.31. The Kier molecular flexibility index (Phi) is 83.0. The number of hydrogen-bond donors (Lipinski definition) is 5. The maximum atomic E-state index is 13.2. The minimum Gasteiger partial charge on any atom is -0.462 e. The molecule has 0 aliphatic heterocycles. The second-order valence-electron chi connectivity index (χ2n) is 31.9. The maximum Gasteiger partial charge on any atom is 0.324 e. The summed E-state index contributed by atoms with van der Waals surface area (Å²) >= 11 is 0. The fourth-order valence-corrected chi connectivity index (χ4v) is 12.3.